The number of anilines is 1. The van der Waals surface area contributed by atoms with Crippen molar-refractivity contribution in [1.82, 2.24) is 9.97 Å². The van der Waals surface area contributed by atoms with Gasteiger partial charge in [0.1, 0.15) is 11.6 Å². The number of rotatable bonds is 6. The minimum Gasteiger partial charge on any atom is -0.376 e. The SMILES string of the molecule is c1ccc(Cc2nccc(N3CCC(OCC4CCCCO4)CC3)n2)cc1. The molecule has 2 saturated heterocycles. The van der Waals surface area contributed by atoms with E-state index in [1.165, 1.54) is 18.4 Å². The third kappa shape index (κ3) is 5.27. The Hall–Kier alpha value is -1.98. The average Bonchev–Trinajstić information content (AvgIpc) is 2.74. The molecule has 0 aliphatic carbocycles. The largest absolute Gasteiger partial charge is 0.376 e. The number of hydrogen-bond donors (Lipinski definition) is 0. The predicted octanol–water partition coefficient (Wildman–Crippen LogP) is 3.62. The topological polar surface area (TPSA) is 47.5 Å². The smallest absolute Gasteiger partial charge is 0.135 e. The molecular formula is C22H29N3O2. The minimum atomic E-state index is 0.305. The first-order valence-electron chi connectivity index (χ1n) is 10.2. The third-order valence-corrected chi connectivity index (χ3v) is 5.45. The molecule has 1 atom stereocenters. The number of nitrogens with zero attached hydrogens (tertiary/aromatic N) is 3. The lowest BCUT2D eigenvalue weighted by Crippen LogP contribution is -2.39. The van der Waals surface area contributed by atoms with Gasteiger partial charge in [-0.25, -0.2) is 9.97 Å². The number of piperidine rings is 1. The molecule has 4 rings (SSSR count). The van der Waals surface area contributed by atoms with Crippen molar-refractivity contribution in [2.45, 2.75) is 50.7 Å². The Morgan fingerprint density at radius 2 is 1.89 bits per heavy atom. The molecule has 5 nitrogen and oxygen atoms in total. The zero-order valence-electron chi connectivity index (χ0n) is 15.9. The van der Waals surface area contributed by atoms with Crippen LogP contribution >= 0.6 is 0 Å². The van der Waals surface area contributed by atoms with Crippen LogP contribution in [0.4, 0.5) is 5.82 Å². The molecule has 0 bridgehead atoms. The zero-order valence-corrected chi connectivity index (χ0v) is 15.9. The Morgan fingerprint density at radius 1 is 1.04 bits per heavy atom. The zero-order chi connectivity index (χ0) is 18.3. The summed E-state index contributed by atoms with van der Waals surface area (Å²) in [5, 5.41) is 0. The van der Waals surface area contributed by atoms with E-state index in [-0.39, 0.29) is 0 Å². The molecule has 0 N–H and O–H groups in total. The summed E-state index contributed by atoms with van der Waals surface area (Å²) in [6, 6.07) is 12.4. The molecule has 0 radical (unpaired) electrons. The van der Waals surface area contributed by atoms with Gasteiger partial charge in [0.15, 0.2) is 0 Å². The summed E-state index contributed by atoms with van der Waals surface area (Å²) in [6.45, 7) is 3.61. The lowest BCUT2D eigenvalue weighted by molar-refractivity contribution is -0.0672. The molecule has 2 aliphatic rings. The number of benzene rings is 1. The maximum atomic E-state index is 6.12. The van der Waals surface area contributed by atoms with Crippen molar-refractivity contribution < 1.29 is 9.47 Å². The van der Waals surface area contributed by atoms with Gasteiger partial charge in [-0.15, -0.1) is 0 Å². The van der Waals surface area contributed by atoms with E-state index in [1.54, 1.807) is 0 Å². The molecule has 0 amide bonds. The molecule has 0 saturated carbocycles. The summed E-state index contributed by atoms with van der Waals surface area (Å²) in [5.74, 6) is 1.91. The molecule has 1 aromatic carbocycles. The van der Waals surface area contributed by atoms with Gasteiger partial charge in [0, 0.05) is 32.3 Å². The fourth-order valence-corrected chi connectivity index (χ4v) is 3.86. The van der Waals surface area contributed by atoms with Crippen molar-refractivity contribution in [3.05, 3.63) is 54.0 Å². The monoisotopic (exact) mass is 367 g/mol. The number of hydrogen-bond acceptors (Lipinski definition) is 5. The Balaban J connectivity index is 1.27. The van der Waals surface area contributed by atoms with Gasteiger partial charge >= 0.3 is 0 Å². The van der Waals surface area contributed by atoms with E-state index in [1.807, 2.05) is 18.3 Å². The number of aromatic nitrogens is 2. The fourth-order valence-electron chi connectivity index (χ4n) is 3.86. The van der Waals surface area contributed by atoms with Gasteiger partial charge in [-0.3, -0.25) is 0 Å². The summed E-state index contributed by atoms with van der Waals surface area (Å²) in [6.07, 6.45) is 9.00. The van der Waals surface area contributed by atoms with Crippen molar-refractivity contribution in [3.8, 4) is 0 Å². The molecule has 5 heteroatoms. The van der Waals surface area contributed by atoms with Crippen LogP contribution in [0.5, 0.6) is 0 Å². The molecule has 1 aromatic heterocycles. The van der Waals surface area contributed by atoms with E-state index in [4.69, 9.17) is 14.5 Å². The van der Waals surface area contributed by atoms with Crippen LogP contribution in [0.25, 0.3) is 0 Å². The fraction of sp³-hybridized carbons (Fsp3) is 0.545. The van der Waals surface area contributed by atoms with Crippen molar-refractivity contribution in [2.75, 3.05) is 31.2 Å². The maximum Gasteiger partial charge on any atom is 0.135 e. The normalized spacial score (nSPS) is 21.3. The standard InChI is InChI=1S/C22H29N3O2/c1-2-6-18(7-3-1)16-21-23-12-9-22(24-21)25-13-10-19(11-14-25)27-17-20-8-4-5-15-26-20/h1-3,6-7,9,12,19-20H,4-5,8,10-11,13-17H2. The van der Waals surface area contributed by atoms with E-state index < -0.39 is 0 Å². The highest BCUT2D eigenvalue weighted by Gasteiger charge is 2.23. The van der Waals surface area contributed by atoms with E-state index in [0.29, 0.717) is 12.2 Å². The first-order valence-corrected chi connectivity index (χ1v) is 10.2. The van der Waals surface area contributed by atoms with Crippen LogP contribution in [0.1, 0.15) is 43.5 Å². The summed E-state index contributed by atoms with van der Waals surface area (Å²) in [7, 11) is 0. The molecule has 2 aromatic rings. The second-order valence-corrected chi connectivity index (χ2v) is 7.50. The van der Waals surface area contributed by atoms with Crippen LogP contribution in [-0.4, -0.2) is 48.5 Å². The van der Waals surface area contributed by atoms with Gasteiger partial charge in [0.2, 0.25) is 0 Å². The highest BCUT2D eigenvalue weighted by molar-refractivity contribution is 5.38. The van der Waals surface area contributed by atoms with Gasteiger partial charge in [-0.1, -0.05) is 30.3 Å². The lowest BCUT2D eigenvalue weighted by Gasteiger charge is -2.33. The Kier molecular flexibility index (Phi) is 6.32. The van der Waals surface area contributed by atoms with Crippen LogP contribution in [-0.2, 0) is 15.9 Å². The average molecular weight is 367 g/mol. The minimum absolute atomic E-state index is 0.305. The van der Waals surface area contributed by atoms with Gasteiger partial charge < -0.3 is 14.4 Å². The van der Waals surface area contributed by atoms with E-state index in [2.05, 4.69) is 34.1 Å². The highest BCUT2D eigenvalue weighted by Crippen LogP contribution is 2.21. The van der Waals surface area contributed by atoms with Crippen molar-refractivity contribution in [1.29, 1.82) is 0 Å². The Bertz CT molecular complexity index is 696. The predicted molar refractivity (Wildman–Crippen MR) is 106 cm³/mol. The van der Waals surface area contributed by atoms with Crippen molar-refractivity contribution >= 4 is 5.82 Å². The quantitative estimate of drug-likeness (QED) is 0.780. The Morgan fingerprint density at radius 3 is 2.67 bits per heavy atom. The third-order valence-electron chi connectivity index (χ3n) is 5.45. The van der Waals surface area contributed by atoms with E-state index >= 15 is 0 Å². The van der Waals surface area contributed by atoms with Gasteiger partial charge in [-0.2, -0.15) is 0 Å². The summed E-state index contributed by atoms with van der Waals surface area (Å²) in [4.78, 5) is 11.6. The van der Waals surface area contributed by atoms with Crippen LogP contribution in [0.3, 0.4) is 0 Å². The number of ether oxygens (including phenoxy) is 2. The van der Waals surface area contributed by atoms with Crippen LogP contribution in [0.2, 0.25) is 0 Å². The van der Waals surface area contributed by atoms with E-state index in [9.17, 15) is 0 Å². The second kappa shape index (κ2) is 9.29. The lowest BCUT2D eigenvalue weighted by atomic mass is 10.1. The molecule has 144 valence electrons. The molecular weight excluding hydrogens is 338 g/mol. The summed E-state index contributed by atoms with van der Waals surface area (Å²) in [5.41, 5.74) is 1.24. The molecule has 0 spiro atoms. The molecule has 3 heterocycles. The van der Waals surface area contributed by atoms with Gasteiger partial charge in [-0.05, 0) is 43.7 Å². The summed E-state index contributed by atoms with van der Waals surface area (Å²) < 4.78 is 11.9. The first kappa shape index (κ1) is 18.4. The molecule has 2 fully saturated rings. The Labute approximate surface area is 161 Å². The van der Waals surface area contributed by atoms with Gasteiger partial charge in [0.25, 0.3) is 0 Å². The van der Waals surface area contributed by atoms with Crippen molar-refractivity contribution in [3.63, 3.8) is 0 Å². The highest BCUT2D eigenvalue weighted by atomic mass is 16.5. The van der Waals surface area contributed by atoms with Crippen LogP contribution < -0.4 is 4.90 Å². The van der Waals surface area contributed by atoms with Crippen LogP contribution in [0.15, 0.2) is 42.6 Å². The molecule has 27 heavy (non-hydrogen) atoms. The second-order valence-electron chi connectivity index (χ2n) is 7.50. The summed E-state index contributed by atoms with van der Waals surface area (Å²) >= 11 is 0. The first-order chi connectivity index (χ1) is 13.4. The van der Waals surface area contributed by atoms with Gasteiger partial charge in [0.05, 0.1) is 18.8 Å². The molecule has 2 aliphatic heterocycles. The van der Waals surface area contributed by atoms with Crippen LogP contribution in [0, 0.1) is 0 Å². The van der Waals surface area contributed by atoms with E-state index in [0.717, 1.165) is 63.6 Å². The maximum absolute atomic E-state index is 6.12. The molecule has 1 unspecified atom stereocenters. The van der Waals surface area contributed by atoms with Crippen molar-refractivity contribution in [2.24, 2.45) is 0 Å².